The molecule has 0 fully saturated rings. The molecule has 0 aromatic heterocycles. The molecule has 0 bridgehead atoms. The zero-order valence-corrected chi connectivity index (χ0v) is 16.1. The van der Waals surface area contributed by atoms with Crippen LogP contribution in [0.25, 0.3) is 11.1 Å². The van der Waals surface area contributed by atoms with Crippen LogP contribution in [0.15, 0.2) is 78.9 Å². The van der Waals surface area contributed by atoms with Crippen molar-refractivity contribution < 1.29 is 27.8 Å². The maximum atomic E-state index is 13.8. The van der Waals surface area contributed by atoms with Crippen LogP contribution in [0, 0.1) is 0 Å². The Morgan fingerprint density at radius 3 is 2.07 bits per heavy atom. The number of hydrogen-bond acceptors (Lipinski definition) is 3. The first-order valence-corrected chi connectivity index (χ1v) is 9.12. The number of alkyl halides is 3. The van der Waals surface area contributed by atoms with E-state index in [1.54, 1.807) is 36.4 Å². The summed E-state index contributed by atoms with van der Waals surface area (Å²) in [6.45, 7) is -0.233. The van der Waals surface area contributed by atoms with E-state index in [4.69, 9.17) is 4.74 Å². The summed E-state index contributed by atoms with van der Waals surface area (Å²) >= 11 is 0. The lowest BCUT2D eigenvalue weighted by atomic mass is 9.90. The fourth-order valence-electron chi connectivity index (χ4n) is 3.11. The molecule has 3 aromatic rings. The summed E-state index contributed by atoms with van der Waals surface area (Å²) in [5.41, 5.74) is -2.30. The van der Waals surface area contributed by atoms with Gasteiger partial charge in [-0.25, -0.2) is 0 Å². The van der Waals surface area contributed by atoms with Crippen molar-refractivity contribution in [2.45, 2.75) is 18.3 Å². The number of carbonyl (C=O) groups excluding carboxylic acids is 1. The molecule has 3 rings (SSSR count). The molecule has 0 saturated heterocycles. The second kappa shape index (κ2) is 8.59. The second-order valence-electron chi connectivity index (χ2n) is 6.65. The number of amides is 1. The van der Waals surface area contributed by atoms with Gasteiger partial charge in [-0.3, -0.25) is 4.79 Å². The number of ether oxygens (including phenoxy) is 1. The molecule has 0 aliphatic carbocycles. The van der Waals surface area contributed by atoms with E-state index < -0.39 is 23.2 Å². The van der Waals surface area contributed by atoms with Crippen molar-refractivity contribution >= 4 is 5.91 Å². The first-order chi connectivity index (χ1) is 14.3. The largest absolute Gasteiger partial charge is 0.496 e. The van der Waals surface area contributed by atoms with Gasteiger partial charge in [-0.15, -0.1) is 0 Å². The van der Waals surface area contributed by atoms with Crippen LogP contribution in [0.2, 0.25) is 0 Å². The van der Waals surface area contributed by atoms with Crippen LogP contribution in [-0.2, 0) is 16.9 Å². The van der Waals surface area contributed by atoms with Gasteiger partial charge < -0.3 is 15.2 Å². The lowest BCUT2D eigenvalue weighted by Crippen LogP contribution is -2.54. The zero-order chi connectivity index (χ0) is 21.8. The number of hydrogen-bond donors (Lipinski definition) is 2. The lowest BCUT2D eigenvalue weighted by molar-refractivity contribution is -0.257. The third-order valence-electron chi connectivity index (χ3n) is 4.78. The molecular weight excluding hydrogens is 395 g/mol. The third-order valence-corrected chi connectivity index (χ3v) is 4.78. The summed E-state index contributed by atoms with van der Waals surface area (Å²) in [5, 5.41) is 12.7. The number of nitrogens with one attached hydrogen (secondary N) is 1. The average Bonchev–Trinajstić information content (AvgIpc) is 2.77. The topological polar surface area (TPSA) is 58.6 Å². The van der Waals surface area contributed by atoms with Crippen LogP contribution in [0.4, 0.5) is 13.2 Å². The van der Waals surface area contributed by atoms with E-state index in [1.165, 1.54) is 19.2 Å². The molecule has 3 aromatic carbocycles. The fourth-order valence-corrected chi connectivity index (χ4v) is 3.11. The fraction of sp³-hybridized carbons (Fsp3) is 0.174. The Morgan fingerprint density at radius 1 is 0.900 bits per heavy atom. The SMILES string of the molecule is COc1ccccc1CNC(=O)C(O)(c1ccc(-c2ccccc2)cc1)C(F)(F)F. The third kappa shape index (κ3) is 4.16. The van der Waals surface area contributed by atoms with Crippen molar-refractivity contribution in [3.8, 4) is 16.9 Å². The van der Waals surface area contributed by atoms with Crippen LogP contribution in [0.1, 0.15) is 11.1 Å². The zero-order valence-electron chi connectivity index (χ0n) is 16.1. The molecule has 0 aliphatic rings. The van der Waals surface area contributed by atoms with Gasteiger partial charge in [-0.05, 0) is 17.2 Å². The van der Waals surface area contributed by atoms with Crippen molar-refractivity contribution in [3.05, 3.63) is 90.0 Å². The van der Waals surface area contributed by atoms with Crippen LogP contribution in [0.5, 0.6) is 5.75 Å². The Morgan fingerprint density at radius 2 is 1.47 bits per heavy atom. The van der Waals surface area contributed by atoms with Gasteiger partial charge in [0.25, 0.3) is 11.5 Å². The first-order valence-electron chi connectivity index (χ1n) is 9.12. The van der Waals surface area contributed by atoms with E-state index in [0.717, 1.165) is 17.7 Å². The molecule has 156 valence electrons. The maximum Gasteiger partial charge on any atom is 0.430 e. The molecule has 0 radical (unpaired) electrons. The summed E-state index contributed by atoms with van der Waals surface area (Å²) in [4.78, 5) is 12.5. The second-order valence-corrected chi connectivity index (χ2v) is 6.65. The summed E-state index contributed by atoms with van der Waals surface area (Å²) < 4.78 is 46.5. The molecule has 30 heavy (non-hydrogen) atoms. The molecule has 7 heteroatoms. The van der Waals surface area contributed by atoms with Crippen molar-refractivity contribution in [2.75, 3.05) is 7.11 Å². The highest BCUT2D eigenvalue weighted by atomic mass is 19.4. The van der Waals surface area contributed by atoms with Crippen LogP contribution >= 0.6 is 0 Å². The van der Waals surface area contributed by atoms with E-state index in [0.29, 0.717) is 16.9 Å². The number of carbonyl (C=O) groups is 1. The van der Waals surface area contributed by atoms with Gasteiger partial charge in [0, 0.05) is 17.7 Å². The standard InChI is InChI=1S/C23H20F3NO3/c1-30-20-10-6-5-9-18(20)15-27-21(28)22(29,23(24,25)26)19-13-11-17(12-14-19)16-7-3-2-4-8-16/h2-14,29H,15H2,1H3,(H,27,28). The average molecular weight is 415 g/mol. The minimum absolute atomic E-state index is 0.233. The number of aliphatic hydroxyl groups is 1. The molecule has 0 spiro atoms. The Balaban J connectivity index is 1.88. The Labute approximate surface area is 171 Å². The highest BCUT2D eigenvalue weighted by molar-refractivity contribution is 5.87. The van der Waals surface area contributed by atoms with Gasteiger partial charge in [0.1, 0.15) is 5.75 Å². The molecule has 1 unspecified atom stereocenters. The number of halogens is 3. The number of benzene rings is 3. The van der Waals surface area contributed by atoms with Crippen LogP contribution in [-0.4, -0.2) is 24.3 Å². The van der Waals surface area contributed by atoms with E-state index in [1.807, 2.05) is 18.2 Å². The number of rotatable bonds is 6. The predicted octanol–water partition coefficient (Wildman–Crippen LogP) is 4.43. The van der Waals surface area contributed by atoms with Gasteiger partial charge in [-0.1, -0.05) is 72.8 Å². The summed E-state index contributed by atoms with van der Waals surface area (Å²) in [7, 11) is 1.42. The van der Waals surface area contributed by atoms with Gasteiger partial charge in [0.05, 0.1) is 7.11 Å². The van der Waals surface area contributed by atoms with Crippen LogP contribution in [0.3, 0.4) is 0 Å². The first kappa shape index (κ1) is 21.4. The predicted molar refractivity (Wildman–Crippen MR) is 107 cm³/mol. The van der Waals surface area contributed by atoms with Crippen molar-refractivity contribution in [2.24, 2.45) is 0 Å². The van der Waals surface area contributed by atoms with E-state index in [9.17, 15) is 23.1 Å². The smallest absolute Gasteiger partial charge is 0.430 e. The molecule has 1 amide bonds. The molecule has 0 saturated carbocycles. The summed E-state index contributed by atoms with van der Waals surface area (Å²) in [5.74, 6) is -1.14. The van der Waals surface area contributed by atoms with E-state index >= 15 is 0 Å². The molecule has 1 atom stereocenters. The monoisotopic (exact) mass is 415 g/mol. The van der Waals surface area contributed by atoms with Crippen molar-refractivity contribution in [1.82, 2.24) is 5.32 Å². The van der Waals surface area contributed by atoms with Crippen molar-refractivity contribution in [1.29, 1.82) is 0 Å². The number of methoxy groups -OCH3 is 1. The highest BCUT2D eigenvalue weighted by Gasteiger charge is 2.60. The Bertz CT molecular complexity index is 1000. The number of para-hydroxylation sites is 1. The minimum atomic E-state index is -5.22. The van der Waals surface area contributed by atoms with E-state index in [-0.39, 0.29) is 6.54 Å². The molecule has 4 nitrogen and oxygen atoms in total. The van der Waals surface area contributed by atoms with Crippen molar-refractivity contribution in [3.63, 3.8) is 0 Å². The quantitative estimate of drug-likeness (QED) is 0.626. The minimum Gasteiger partial charge on any atom is -0.496 e. The molecule has 0 aliphatic heterocycles. The lowest BCUT2D eigenvalue weighted by Gasteiger charge is -2.29. The van der Waals surface area contributed by atoms with Crippen LogP contribution < -0.4 is 10.1 Å². The maximum absolute atomic E-state index is 13.8. The Kier molecular flexibility index (Phi) is 6.12. The molecular formula is C23H20F3NO3. The molecule has 2 N–H and O–H groups in total. The Hall–Kier alpha value is -3.32. The van der Waals surface area contributed by atoms with Gasteiger partial charge >= 0.3 is 6.18 Å². The summed E-state index contributed by atoms with van der Waals surface area (Å²) in [6, 6.07) is 20.8. The normalized spacial score (nSPS) is 13.4. The van der Waals surface area contributed by atoms with Gasteiger partial charge in [0.15, 0.2) is 0 Å². The van der Waals surface area contributed by atoms with Gasteiger partial charge in [0.2, 0.25) is 0 Å². The van der Waals surface area contributed by atoms with E-state index in [2.05, 4.69) is 5.32 Å². The van der Waals surface area contributed by atoms with Gasteiger partial charge in [-0.2, -0.15) is 13.2 Å². The highest BCUT2D eigenvalue weighted by Crippen LogP contribution is 2.40. The summed E-state index contributed by atoms with van der Waals surface area (Å²) in [6.07, 6.45) is -5.22. The molecule has 0 heterocycles.